The lowest BCUT2D eigenvalue weighted by Gasteiger charge is -2.05. The monoisotopic (exact) mass is 235 g/mol. The van der Waals surface area contributed by atoms with E-state index in [1.54, 1.807) is 11.3 Å². The van der Waals surface area contributed by atoms with Crippen LogP contribution in [0.3, 0.4) is 0 Å². The number of aromatic nitrogens is 2. The van der Waals surface area contributed by atoms with Gasteiger partial charge in [0, 0.05) is 18.0 Å². The molecule has 0 radical (unpaired) electrons. The third kappa shape index (κ3) is 2.11. The number of hydrogen-bond donors (Lipinski definition) is 1. The van der Waals surface area contributed by atoms with Gasteiger partial charge in [0.1, 0.15) is 0 Å². The van der Waals surface area contributed by atoms with Crippen molar-refractivity contribution in [2.75, 3.05) is 5.32 Å². The molecule has 0 saturated carbocycles. The van der Waals surface area contributed by atoms with Gasteiger partial charge in [-0.2, -0.15) is 5.10 Å². The summed E-state index contributed by atoms with van der Waals surface area (Å²) in [6, 6.07) is 4.23. The molecule has 16 heavy (non-hydrogen) atoms. The lowest BCUT2D eigenvalue weighted by Crippen LogP contribution is -2.01. The van der Waals surface area contributed by atoms with E-state index in [0.29, 0.717) is 0 Å². The topological polar surface area (TPSA) is 29.9 Å². The van der Waals surface area contributed by atoms with Crippen LogP contribution in [0.2, 0.25) is 0 Å². The second-order valence-electron chi connectivity index (χ2n) is 3.79. The summed E-state index contributed by atoms with van der Waals surface area (Å²) >= 11 is 1.78. The van der Waals surface area contributed by atoms with E-state index in [-0.39, 0.29) is 0 Å². The fourth-order valence-electron chi connectivity index (χ4n) is 1.85. The van der Waals surface area contributed by atoms with Crippen LogP contribution in [0.4, 0.5) is 5.69 Å². The molecule has 0 atom stereocenters. The van der Waals surface area contributed by atoms with E-state index in [1.165, 1.54) is 16.3 Å². The Morgan fingerprint density at radius 1 is 1.44 bits per heavy atom. The highest BCUT2D eigenvalue weighted by Crippen LogP contribution is 2.21. The van der Waals surface area contributed by atoms with Crippen molar-refractivity contribution in [2.24, 2.45) is 0 Å². The second kappa shape index (κ2) is 4.70. The maximum atomic E-state index is 4.49. The third-order valence-corrected chi connectivity index (χ3v) is 3.58. The van der Waals surface area contributed by atoms with Gasteiger partial charge in [0.2, 0.25) is 0 Å². The van der Waals surface area contributed by atoms with Gasteiger partial charge in [0.05, 0.1) is 17.1 Å². The van der Waals surface area contributed by atoms with E-state index >= 15 is 0 Å². The van der Waals surface area contributed by atoms with Gasteiger partial charge in [-0.3, -0.25) is 4.68 Å². The van der Waals surface area contributed by atoms with Gasteiger partial charge in [-0.1, -0.05) is 6.07 Å². The maximum Gasteiger partial charge on any atom is 0.0828 e. The predicted molar refractivity (Wildman–Crippen MR) is 69.0 cm³/mol. The van der Waals surface area contributed by atoms with E-state index in [2.05, 4.69) is 48.7 Å². The van der Waals surface area contributed by atoms with Crippen molar-refractivity contribution in [1.29, 1.82) is 0 Å². The van der Waals surface area contributed by atoms with Crippen molar-refractivity contribution < 1.29 is 0 Å². The van der Waals surface area contributed by atoms with Crippen LogP contribution >= 0.6 is 11.3 Å². The molecular formula is C12H17N3S. The molecule has 0 saturated heterocycles. The zero-order chi connectivity index (χ0) is 11.5. The fraction of sp³-hybridized carbons (Fsp3) is 0.417. The largest absolute Gasteiger partial charge is 0.377 e. The van der Waals surface area contributed by atoms with E-state index in [1.807, 2.05) is 4.68 Å². The molecule has 2 aromatic heterocycles. The van der Waals surface area contributed by atoms with Crippen LogP contribution in [0.25, 0.3) is 0 Å². The average Bonchev–Trinajstić information content (AvgIpc) is 2.86. The van der Waals surface area contributed by atoms with E-state index in [9.17, 15) is 0 Å². The summed E-state index contributed by atoms with van der Waals surface area (Å²) in [5, 5.41) is 10.1. The Hall–Kier alpha value is -1.29. The van der Waals surface area contributed by atoms with Crippen molar-refractivity contribution >= 4 is 17.0 Å². The van der Waals surface area contributed by atoms with Crippen LogP contribution in [0, 0.1) is 13.8 Å². The zero-order valence-corrected chi connectivity index (χ0v) is 10.8. The molecule has 3 nitrogen and oxygen atoms in total. The van der Waals surface area contributed by atoms with Crippen molar-refractivity contribution in [2.45, 2.75) is 33.9 Å². The standard InChI is InChI=1S/C12H17N3S/c1-4-15-10(3)12(9(2)14-15)13-8-11-6-5-7-16-11/h5-7,13H,4,8H2,1-3H3. The minimum Gasteiger partial charge on any atom is -0.377 e. The zero-order valence-electron chi connectivity index (χ0n) is 9.95. The van der Waals surface area contributed by atoms with Crippen LogP contribution in [-0.2, 0) is 13.1 Å². The van der Waals surface area contributed by atoms with Crippen molar-refractivity contribution in [3.05, 3.63) is 33.8 Å². The van der Waals surface area contributed by atoms with Crippen molar-refractivity contribution in [1.82, 2.24) is 9.78 Å². The van der Waals surface area contributed by atoms with Gasteiger partial charge in [-0.25, -0.2) is 0 Å². The molecule has 2 aromatic rings. The molecule has 4 heteroatoms. The van der Waals surface area contributed by atoms with Crippen LogP contribution in [0.15, 0.2) is 17.5 Å². The lowest BCUT2D eigenvalue weighted by molar-refractivity contribution is 0.634. The normalized spacial score (nSPS) is 10.7. The van der Waals surface area contributed by atoms with E-state index < -0.39 is 0 Å². The number of thiophene rings is 1. The molecule has 0 aliphatic heterocycles. The van der Waals surface area contributed by atoms with Crippen molar-refractivity contribution in [3.63, 3.8) is 0 Å². The molecule has 0 spiro atoms. The summed E-state index contributed by atoms with van der Waals surface area (Å²) in [6.45, 7) is 8.08. The number of rotatable bonds is 4. The van der Waals surface area contributed by atoms with Crippen LogP contribution < -0.4 is 5.32 Å². The summed E-state index contributed by atoms with van der Waals surface area (Å²) in [5.74, 6) is 0. The Labute approximate surface area is 100 Å². The van der Waals surface area contributed by atoms with Crippen LogP contribution in [0.1, 0.15) is 23.2 Å². The molecule has 0 aliphatic rings. The van der Waals surface area contributed by atoms with Gasteiger partial charge in [-0.05, 0) is 32.2 Å². The summed E-state index contributed by atoms with van der Waals surface area (Å²) < 4.78 is 2.03. The Bertz CT molecular complexity index is 457. The summed E-state index contributed by atoms with van der Waals surface area (Å²) in [6.07, 6.45) is 0. The highest BCUT2D eigenvalue weighted by atomic mass is 32.1. The van der Waals surface area contributed by atoms with Gasteiger partial charge >= 0.3 is 0 Å². The molecule has 1 N–H and O–H groups in total. The molecular weight excluding hydrogens is 218 g/mol. The summed E-state index contributed by atoms with van der Waals surface area (Å²) in [4.78, 5) is 1.35. The molecule has 0 unspecified atom stereocenters. The fourth-order valence-corrected chi connectivity index (χ4v) is 2.49. The first kappa shape index (κ1) is 11.2. The lowest BCUT2D eigenvalue weighted by atomic mass is 10.3. The second-order valence-corrected chi connectivity index (χ2v) is 4.83. The Morgan fingerprint density at radius 3 is 2.81 bits per heavy atom. The number of nitrogens with one attached hydrogen (secondary N) is 1. The third-order valence-electron chi connectivity index (χ3n) is 2.70. The average molecular weight is 235 g/mol. The molecule has 2 heterocycles. The summed E-state index contributed by atoms with van der Waals surface area (Å²) in [5.41, 5.74) is 3.47. The van der Waals surface area contributed by atoms with Gasteiger partial charge < -0.3 is 5.32 Å². The van der Waals surface area contributed by atoms with Crippen molar-refractivity contribution in [3.8, 4) is 0 Å². The molecule has 0 aliphatic carbocycles. The highest BCUT2D eigenvalue weighted by molar-refractivity contribution is 7.09. The first-order valence-corrected chi connectivity index (χ1v) is 6.40. The molecule has 0 bridgehead atoms. The first-order chi connectivity index (χ1) is 7.72. The van der Waals surface area contributed by atoms with Crippen LogP contribution in [-0.4, -0.2) is 9.78 Å². The minimum atomic E-state index is 0.884. The summed E-state index contributed by atoms with van der Waals surface area (Å²) in [7, 11) is 0. The van der Waals surface area contributed by atoms with Gasteiger partial charge in [-0.15, -0.1) is 11.3 Å². The van der Waals surface area contributed by atoms with E-state index in [4.69, 9.17) is 0 Å². The smallest absolute Gasteiger partial charge is 0.0828 e. The number of nitrogens with zero attached hydrogens (tertiary/aromatic N) is 2. The number of hydrogen-bond acceptors (Lipinski definition) is 3. The molecule has 86 valence electrons. The van der Waals surface area contributed by atoms with Gasteiger partial charge in [0.15, 0.2) is 0 Å². The molecule has 0 amide bonds. The Balaban J connectivity index is 2.12. The van der Waals surface area contributed by atoms with E-state index in [0.717, 1.165) is 18.8 Å². The Morgan fingerprint density at radius 2 is 2.25 bits per heavy atom. The molecule has 0 fully saturated rings. The quantitative estimate of drug-likeness (QED) is 0.882. The minimum absolute atomic E-state index is 0.884. The van der Waals surface area contributed by atoms with Gasteiger partial charge in [0.25, 0.3) is 0 Å². The Kier molecular flexibility index (Phi) is 3.29. The first-order valence-electron chi connectivity index (χ1n) is 5.52. The maximum absolute atomic E-state index is 4.49. The molecule has 2 rings (SSSR count). The predicted octanol–water partition coefficient (Wildman–Crippen LogP) is 3.19. The van der Waals surface area contributed by atoms with Crippen LogP contribution in [0.5, 0.6) is 0 Å². The highest BCUT2D eigenvalue weighted by Gasteiger charge is 2.09. The SMILES string of the molecule is CCn1nc(C)c(NCc2cccs2)c1C. The number of aryl methyl sites for hydroxylation is 2. The number of anilines is 1. The molecule has 0 aromatic carbocycles.